The number of aliphatic carboxylic acids is 1. The molecule has 0 aliphatic carbocycles. The van der Waals surface area contributed by atoms with Crippen molar-refractivity contribution in [3.63, 3.8) is 0 Å². The van der Waals surface area contributed by atoms with Crippen LogP contribution >= 0.6 is 0 Å². The lowest BCUT2D eigenvalue weighted by molar-refractivity contribution is -0.141. The molecule has 0 heterocycles. The van der Waals surface area contributed by atoms with Crippen molar-refractivity contribution in [2.24, 2.45) is 11.7 Å². The van der Waals surface area contributed by atoms with Gasteiger partial charge in [0.1, 0.15) is 0 Å². The van der Waals surface area contributed by atoms with E-state index >= 15 is 0 Å². The number of carbonyl (C=O) groups is 3. The maximum atomic E-state index is 11.4. The van der Waals surface area contributed by atoms with Gasteiger partial charge in [-0.1, -0.05) is 13.3 Å². The molecule has 0 aromatic heterocycles. The molecule has 3 amide bonds. The molecule has 0 saturated carbocycles. The van der Waals surface area contributed by atoms with Crippen LogP contribution in [0.1, 0.15) is 40.0 Å². The molecule has 5 N–H and O–H groups in total. The molecule has 0 aromatic carbocycles. The third-order valence-electron chi connectivity index (χ3n) is 2.87. The predicted octanol–water partition coefficient (Wildman–Crippen LogP) is 0.439. The summed E-state index contributed by atoms with van der Waals surface area (Å²) in [6.45, 7) is 5.21. The van der Waals surface area contributed by atoms with Gasteiger partial charge in [-0.25, -0.2) is 4.79 Å². The average Bonchev–Trinajstić information content (AvgIpc) is 2.27. The monoisotopic (exact) mass is 273 g/mol. The number of imide groups is 1. The molecule has 0 rings (SSSR count). The highest BCUT2D eigenvalue weighted by Gasteiger charge is 2.17. The van der Waals surface area contributed by atoms with Gasteiger partial charge in [0.05, 0.1) is 12.0 Å². The van der Waals surface area contributed by atoms with Crippen LogP contribution in [0.25, 0.3) is 0 Å². The summed E-state index contributed by atoms with van der Waals surface area (Å²) in [5.41, 5.74) is 4.85. The van der Waals surface area contributed by atoms with E-state index in [0.29, 0.717) is 6.42 Å². The number of carbonyl (C=O) groups excluding carboxylic acids is 2. The summed E-state index contributed by atoms with van der Waals surface area (Å²) in [5, 5.41) is 13.8. The number of primary amides is 1. The predicted molar refractivity (Wildman–Crippen MR) is 70.4 cm³/mol. The largest absolute Gasteiger partial charge is 0.481 e. The molecular formula is C12H23N3O4. The Morgan fingerprint density at radius 1 is 1.16 bits per heavy atom. The zero-order valence-electron chi connectivity index (χ0n) is 11.6. The number of carboxylic acid groups (broad SMARTS) is 1. The van der Waals surface area contributed by atoms with Crippen LogP contribution in [0.4, 0.5) is 4.79 Å². The lowest BCUT2D eigenvalue weighted by Gasteiger charge is -2.19. The lowest BCUT2D eigenvalue weighted by Crippen LogP contribution is -2.48. The van der Waals surface area contributed by atoms with Crippen molar-refractivity contribution in [1.82, 2.24) is 10.6 Å². The Bertz CT molecular complexity index is 333. The summed E-state index contributed by atoms with van der Waals surface area (Å²) < 4.78 is 0. The first-order chi connectivity index (χ1) is 8.73. The topological polar surface area (TPSA) is 122 Å². The highest BCUT2D eigenvalue weighted by Crippen LogP contribution is 2.09. The first-order valence-electron chi connectivity index (χ1n) is 6.33. The van der Waals surface area contributed by atoms with Gasteiger partial charge in [0, 0.05) is 6.04 Å². The van der Waals surface area contributed by atoms with Crippen LogP contribution < -0.4 is 16.4 Å². The van der Waals surface area contributed by atoms with Gasteiger partial charge in [-0.15, -0.1) is 0 Å². The maximum absolute atomic E-state index is 11.4. The van der Waals surface area contributed by atoms with E-state index in [1.54, 1.807) is 13.8 Å². The van der Waals surface area contributed by atoms with E-state index in [2.05, 4.69) is 5.32 Å². The molecule has 0 spiro atoms. The van der Waals surface area contributed by atoms with Crippen LogP contribution in [-0.4, -0.2) is 35.1 Å². The minimum absolute atomic E-state index is 0.0506. The second-order valence-corrected chi connectivity index (χ2v) is 4.81. The minimum atomic E-state index is -0.874. The molecule has 3 atom stereocenters. The van der Waals surface area contributed by atoms with Crippen LogP contribution in [0.15, 0.2) is 0 Å². The number of carboxylic acids is 1. The quantitative estimate of drug-likeness (QED) is 0.511. The van der Waals surface area contributed by atoms with Crippen LogP contribution in [-0.2, 0) is 9.59 Å². The Balaban J connectivity index is 3.91. The van der Waals surface area contributed by atoms with Crippen molar-refractivity contribution in [2.75, 3.05) is 0 Å². The molecule has 0 aromatic rings. The fourth-order valence-electron chi connectivity index (χ4n) is 1.67. The van der Waals surface area contributed by atoms with E-state index in [4.69, 9.17) is 10.8 Å². The van der Waals surface area contributed by atoms with Crippen LogP contribution in [0.5, 0.6) is 0 Å². The Morgan fingerprint density at radius 2 is 1.74 bits per heavy atom. The number of nitrogens with two attached hydrogens (primary N) is 1. The Kier molecular flexibility index (Phi) is 7.74. The second kappa shape index (κ2) is 8.47. The standard InChI is InChI=1S/C12H23N3O4/c1-7(11(17)18)5-4-6-8(2)14-9(3)10(16)15-12(13)19/h7-9,14H,4-6H2,1-3H3,(H,17,18)(H3,13,15,16,19). The van der Waals surface area contributed by atoms with Crippen molar-refractivity contribution in [2.45, 2.75) is 52.1 Å². The summed E-state index contributed by atoms with van der Waals surface area (Å²) in [6, 6.07) is -1.35. The van der Waals surface area contributed by atoms with Crippen molar-refractivity contribution in [3.8, 4) is 0 Å². The number of hydrogen-bond donors (Lipinski definition) is 4. The first kappa shape index (κ1) is 17.4. The van der Waals surface area contributed by atoms with Crippen LogP contribution in [0.2, 0.25) is 0 Å². The molecule has 0 bridgehead atoms. The Morgan fingerprint density at radius 3 is 2.21 bits per heavy atom. The molecule has 3 unspecified atom stereocenters. The van der Waals surface area contributed by atoms with Crippen molar-refractivity contribution in [3.05, 3.63) is 0 Å². The van der Waals surface area contributed by atoms with E-state index in [1.807, 2.05) is 12.2 Å². The molecule has 7 nitrogen and oxygen atoms in total. The molecule has 0 fully saturated rings. The molecule has 0 radical (unpaired) electrons. The minimum Gasteiger partial charge on any atom is -0.481 e. The highest BCUT2D eigenvalue weighted by atomic mass is 16.4. The van der Waals surface area contributed by atoms with Crippen LogP contribution in [0.3, 0.4) is 0 Å². The van der Waals surface area contributed by atoms with Gasteiger partial charge in [0.15, 0.2) is 0 Å². The number of hydrogen-bond acceptors (Lipinski definition) is 4. The number of rotatable bonds is 8. The van der Waals surface area contributed by atoms with Crippen molar-refractivity contribution >= 4 is 17.9 Å². The summed E-state index contributed by atoms with van der Waals surface area (Å²) in [7, 11) is 0. The third kappa shape index (κ3) is 8.15. The van der Waals surface area contributed by atoms with E-state index < -0.39 is 23.9 Å². The average molecular weight is 273 g/mol. The summed E-state index contributed by atoms with van der Waals surface area (Å²) >= 11 is 0. The lowest BCUT2D eigenvalue weighted by atomic mass is 10.0. The van der Waals surface area contributed by atoms with Gasteiger partial charge >= 0.3 is 12.0 Å². The molecule has 0 saturated heterocycles. The fraction of sp³-hybridized carbons (Fsp3) is 0.750. The SMILES string of the molecule is CC(CCCC(C)C(=O)O)NC(C)C(=O)NC(N)=O. The first-order valence-corrected chi connectivity index (χ1v) is 6.33. The number of urea groups is 1. The molecule has 0 aliphatic rings. The zero-order valence-corrected chi connectivity index (χ0v) is 11.6. The number of amides is 3. The van der Waals surface area contributed by atoms with Gasteiger partial charge in [0.2, 0.25) is 5.91 Å². The van der Waals surface area contributed by atoms with Gasteiger partial charge < -0.3 is 16.2 Å². The molecule has 110 valence electrons. The summed E-state index contributed by atoms with van der Waals surface area (Å²) in [6.07, 6.45) is 2.11. The second-order valence-electron chi connectivity index (χ2n) is 4.81. The van der Waals surface area contributed by atoms with Gasteiger partial charge in [-0.2, -0.15) is 0 Å². The Hall–Kier alpha value is -1.63. The van der Waals surface area contributed by atoms with Crippen molar-refractivity contribution in [1.29, 1.82) is 0 Å². The van der Waals surface area contributed by atoms with E-state index in [0.717, 1.165) is 12.8 Å². The fourth-order valence-corrected chi connectivity index (χ4v) is 1.67. The smallest absolute Gasteiger partial charge is 0.318 e. The number of nitrogens with one attached hydrogen (secondary N) is 2. The van der Waals surface area contributed by atoms with Gasteiger partial charge in [-0.3, -0.25) is 14.9 Å². The molecule has 0 aliphatic heterocycles. The molecular weight excluding hydrogens is 250 g/mol. The van der Waals surface area contributed by atoms with Gasteiger partial charge in [-0.05, 0) is 26.7 Å². The van der Waals surface area contributed by atoms with E-state index in [9.17, 15) is 14.4 Å². The maximum Gasteiger partial charge on any atom is 0.318 e. The van der Waals surface area contributed by atoms with E-state index in [1.165, 1.54) is 0 Å². The summed E-state index contributed by atoms with van der Waals surface area (Å²) in [4.78, 5) is 32.6. The molecule has 19 heavy (non-hydrogen) atoms. The van der Waals surface area contributed by atoms with Gasteiger partial charge in [0.25, 0.3) is 0 Å². The van der Waals surface area contributed by atoms with E-state index in [-0.39, 0.29) is 12.0 Å². The van der Waals surface area contributed by atoms with Crippen LogP contribution in [0, 0.1) is 5.92 Å². The normalized spacial score (nSPS) is 15.3. The third-order valence-corrected chi connectivity index (χ3v) is 2.87. The molecule has 7 heteroatoms. The highest BCUT2D eigenvalue weighted by molar-refractivity contribution is 5.96. The zero-order chi connectivity index (χ0) is 15.0. The summed E-state index contributed by atoms with van der Waals surface area (Å²) in [5.74, 6) is -1.63. The Labute approximate surface area is 112 Å². The van der Waals surface area contributed by atoms with Crippen molar-refractivity contribution < 1.29 is 19.5 Å².